The topological polar surface area (TPSA) is 64.6 Å². The fraction of sp³-hybridized carbons (Fsp3) is 0.294. The predicted molar refractivity (Wildman–Crippen MR) is 94.5 cm³/mol. The zero-order valence-corrected chi connectivity index (χ0v) is 15.2. The van der Waals surface area contributed by atoms with Gasteiger partial charge in [0.05, 0.1) is 17.0 Å². The third kappa shape index (κ3) is 4.63. The highest BCUT2D eigenvalue weighted by atomic mass is 35.5. The molecule has 2 rings (SSSR count). The Morgan fingerprint density at radius 3 is 2.54 bits per heavy atom. The van der Waals surface area contributed by atoms with Crippen molar-refractivity contribution in [2.75, 3.05) is 20.3 Å². The Morgan fingerprint density at radius 1 is 1.12 bits per heavy atom. The second kappa shape index (κ2) is 8.37. The van der Waals surface area contributed by atoms with Gasteiger partial charge in [0.1, 0.15) is 18.1 Å². The van der Waals surface area contributed by atoms with Crippen LogP contribution in [0.5, 0.6) is 11.5 Å². The Kier molecular flexibility index (Phi) is 6.48. The SMILES string of the molecule is CCc1ccccc1OCCNS(=O)(=O)c1ccc(OC)c(Cl)c1. The van der Waals surface area contributed by atoms with E-state index in [9.17, 15) is 8.42 Å². The number of rotatable bonds is 8. The number of halogens is 1. The summed E-state index contributed by atoms with van der Waals surface area (Å²) in [5.74, 6) is 1.20. The second-order valence-corrected chi connectivity index (χ2v) is 7.18. The zero-order chi connectivity index (χ0) is 17.6. The fourth-order valence-corrected chi connectivity index (χ4v) is 3.53. The first-order valence-electron chi connectivity index (χ1n) is 7.52. The van der Waals surface area contributed by atoms with Crippen molar-refractivity contribution in [3.63, 3.8) is 0 Å². The molecule has 0 aromatic heterocycles. The van der Waals surface area contributed by atoms with Crippen LogP contribution < -0.4 is 14.2 Å². The maximum Gasteiger partial charge on any atom is 0.240 e. The summed E-state index contributed by atoms with van der Waals surface area (Å²) in [5, 5.41) is 0.244. The largest absolute Gasteiger partial charge is 0.495 e. The van der Waals surface area contributed by atoms with E-state index < -0.39 is 10.0 Å². The highest BCUT2D eigenvalue weighted by Gasteiger charge is 2.15. The molecule has 0 fully saturated rings. The van der Waals surface area contributed by atoms with Gasteiger partial charge in [0.25, 0.3) is 0 Å². The molecule has 24 heavy (non-hydrogen) atoms. The predicted octanol–water partition coefficient (Wildman–Crippen LogP) is 3.27. The molecular formula is C17H20ClNO4S. The van der Waals surface area contributed by atoms with Crippen LogP contribution in [-0.4, -0.2) is 28.7 Å². The van der Waals surface area contributed by atoms with E-state index in [1.165, 1.54) is 25.3 Å². The molecule has 0 atom stereocenters. The summed E-state index contributed by atoms with van der Waals surface area (Å²) in [6, 6.07) is 12.0. The van der Waals surface area contributed by atoms with Gasteiger partial charge in [-0.1, -0.05) is 36.7 Å². The molecule has 0 bridgehead atoms. The first-order valence-corrected chi connectivity index (χ1v) is 9.38. The first kappa shape index (κ1) is 18.6. The number of hydrogen-bond acceptors (Lipinski definition) is 4. The van der Waals surface area contributed by atoms with Crippen LogP contribution >= 0.6 is 11.6 Å². The second-order valence-electron chi connectivity index (χ2n) is 5.00. The highest BCUT2D eigenvalue weighted by Crippen LogP contribution is 2.26. The molecule has 130 valence electrons. The van der Waals surface area contributed by atoms with Crippen molar-refractivity contribution in [2.45, 2.75) is 18.2 Å². The number of aryl methyl sites for hydroxylation is 1. The quantitative estimate of drug-likeness (QED) is 0.725. The van der Waals surface area contributed by atoms with Gasteiger partial charge < -0.3 is 9.47 Å². The molecule has 0 heterocycles. The number of benzene rings is 2. The van der Waals surface area contributed by atoms with Crippen LogP contribution in [-0.2, 0) is 16.4 Å². The summed E-state index contributed by atoms with van der Waals surface area (Å²) >= 11 is 5.97. The van der Waals surface area contributed by atoms with Crippen molar-refractivity contribution in [1.82, 2.24) is 4.72 Å². The van der Waals surface area contributed by atoms with Gasteiger partial charge in [0.15, 0.2) is 0 Å². The molecular weight excluding hydrogens is 350 g/mol. The number of methoxy groups -OCH3 is 1. The lowest BCUT2D eigenvalue weighted by molar-refractivity contribution is 0.320. The minimum atomic E-state index is -3.65. The molecule has 0 amide bonds. The summed E-state index contributed by atoms with van der Waals surface area (Å²) in [4.78, 5) is 0.0854. The average Bonchev–Trinajstić information content (AvgIpc) is 2.59. The molecule has 1 N–H and O–H groups in total. The van der Waals surface area contributed by atoms with Crippen molar-refractivity contribution in [3.05, 3.63) is 53.1 Å². The van der Waals surface area contributed by atoms with Crippen molar-refractivity contribution >= 4 is 21.6 Å². The smallest absolute Gasteiger partial charge is 0.240 e. The van der Waals surface area contributed by atoms with Crippen molar-refractivity contribution in [1.29, 1.82) is 0 Å². The lowest BCUT2D eigenvalue weighted by Gasteiger charge is -2.12. The Balaban J connectivity index is 1.94. The number of nitrogens with one attached hydrogen (secondary N) is 1. The number of sulfonamides is 1. The summed E-state index contributed by atoms with van der Waals surface area (Å²) in [5.41, 5.74) is 1.09. The van der Waals surface area contributed by atoms with Crippen molar-refractivity contribution in [2.24, 2.45) is 0 Å². The summed E-state index contributed by atoms with van der Waals surface area (Å²) < 4.78 is 37.7. The number of ether oxygens (including phenoxy) is 2. The molecule has 0 radical (unpaired) electrons. The Morgan fingerprint density at radius 2 is 1.88 bits per heavy atom. The van der Waals surface area contributed by atoms with Crippen LogP contribution in [0.2, 0.25) is 5.02 Å². The lowest BCUT2D eigenvalue weighted by Crippen LogP contribution is -2.28. The van der Waals surface area contributed by atoms with Crippen LogP contribution in [0.15, 0.2) is 47.4 Å². The van der Waals surface area contributed by atoms with Gasteiger partial charge in [-0.3, -0.25) is 0 Å². The van der Waals surface area contributed by atoms with Crippen molar-refractivity contribution in [3.8, 4) is 11.5 Å². The van der Waals surface area contributed by atoms with Gasteiger partial charge in [0, 0.05) is 6.54 Å². The van der Waals surface area contributed by atoms with E-state index in [1.807, 2.05) is 31.2 Å². The van der Waals surface area contributed by atoms with Crippen LogP contribution in [0.3, 0.4) is 0 Å². The molecule has 0 aliphatic heterocycles. The van der Waals surface area contributed by atoms with Crippen LogP contribution in [0.25, 0.3) is 0 Å². The number of para-hydroxylation sites is 1. The van der Waals surface area contributed by atoms with E-state index >= 15 is 0 Å². The third-order valence-electron chi connectivity index (χ3n) is 3.44. The van der Waals surface area contributed by atoms with E-state index in [1.54, 1.807) is 0 Å². The van der Waals surface area contributed by atoms with Crippen molar-refractivity contribution < 1.29 is 17.9 Å². The molecule has 0 aliphatic carbocycles. The van der Waals surface area contributed by atoms with Gasteiger partial charge in [-0.15, -0.1) is 0 Å². The standard InChI is InChI=1S/C17H20ClNO4S/c1-3-13-6-4-5-7-16(13)23-11-10-19-24(20,21)14-8-9-17(22-2)15(18)12-14/h4-9,12,19H,3,10-11H2,1-2H3. The van der Waals surface area contributed by atoms with Gasteiger partial charge in [-0.2, -0.15) is 0 Å². The normalized spacial score (nSPS) is 11.3. The van der Waals surface area contributed by atoms with Gasteiger partial charge in [-0.25, -0.2) is 13.1 Å². The lowest BCUT2D eigenvalue weighted by atomic mass is 10.1. The highest BCUT2D eigenvalue weighted by molar-refractivity contribution is 7.89. The maximum atomic E-state index is 12.3. The fourth-order valence-electron chi connectivity index (χ4n) is 2.17. The summed E-state index contributed by atoms with van der Waals surface area (Å²) in [6.07, 6.45) is 0.853. The Labute approximate surface area is 147 Å². The molecule has 0 unspecified atom stereocenters. The molecule has 7 heteroatoms. The van der Waals surface area contributed by atoms with Gasteiger partial charge in [0.2, 0.25) is 10.0 Å². The summed E-state index contributed by atoms with van der Waals surface area (Å²) in [6.45, 7) is 2.43. The van der Waals surface area contributed by atoms with Crippen LogP contribution in [0.4, 0.5) is 0 Å². The van der Waals surface area contributed by atoms with E-state index in [4.69, 9.17) is 21.1 Å². The van der Waals surface area contributed by atoms with Gasteiger partial charge >= 0.3 is 0 Å². The van der Waals surface area contributed by atoms with E-state index in [-0.39, 0.29) is 23.1 Å². The Bertz CT molecular complexity index is 793. The minimum Gasteiger partial charge on any atom is -0.495 e. The summed E-state index contributed by atoms with van der Waals surface area (Å²) in [7, 11) is -2.18. The third-order valence-corrected chi connectivity index (χ3v) is 5.19. The molecule has 0 saturated heterocycles. The maximum absolute atomic E-state index is 12.3. The van der Waals surface area contributed by atoms with E-state index in [0.717, 1.165) is 17.7 Å². The van der Waals surface area contributed by atoms with Crippen LogP contribution in [0, 0.1) is 0 Å². The average molecular weight is 370 g/mol. The molecule has 2 aromatic carbocycles. The monoisotopic (exact) mass is 369 g/mol. The van der Waals surface area contributed by atoms with E-state index in [2.05, 4.69) is 4.72 Å². The van der Waals surface area contributed by atoms with Crippen LogP contribution in [0.1, 0.15) is 12.5 Å². The molecule has 2 aromatic rings. The molecule has 0 spiro atoms. The Hall–Kier alpha value is -1.76. The number of hydrogen-bond donors (Lipinski definition) is 1. The molecule has 0 saturated carbocycles. The van der Waals surface area contributed by atoms with Gasteiger partial charge in [-0.05, 0) is 36.2 Å². The first-order chi connectivity index (χ1) is 11.5. The molecule has 0 aliphatic rings. The zero-order valence-electron chi connectivity index (χ0n) is 13.6. The molecule has 5 nitrogen and oxygen atoms in total. The minimum absolute atomic E-state index is 0.0854. The van der Waals surface area contributed by atoms with E-state index in [0.29, 0.717) is 5.75 Å².